The van der Waals surface area contributed by atoms with Gasteiger partial charge in [-0.3, -0.25) is 9.97 Å². The van der Waals surface area contributed by atoms with Crippen LogP contribution in [0.25, 0.3) is 56.5 Å². The topological polar surface area (TPSA) is 305 Å². The maximum absolute atomic E-state index is 14.5. The zero-order valence-electron chi connectivity index (χ0n) is 73.7. The van der Waals surface area contributed by atoms with Gasteiger partial charge in [-0.2, -0.15) is 5.26 Å². The third-order valence-electron chi connectivity index (χ3n) is 21.6. The molecule has 114 heavy (non-hydrogen) atoms. The number of anilines is 3. The number of pyridine rings is 3. The molecule has 5 aromatic heterocycles. The van der Waals surface area contributed by atoms with Gasteiger partial charge in [0, 0.05) is 69.2 Å². The molecule has 0 bridgehead atoms. The monoisotopic (exact) mass is 1540 g/mol. The zero-order valence-corrected chi connectivity index (χ0v) is 73.7. The van der Waals surface area contributed by atoms with Crippen LogP contribution in [0.4, 0.5) is 21.8 Å². The number of nitrogens with zero attached hydrogens (tertiary/aromatic N) is 8. The molecule has 0 saturated carbocycles. The molecule has 5 heterocycles. The normalized spacial score (nSPS) is 12.7. The van der Waals surface area contributed by atoms with E-state index in [0.717, 1.165) is 103 Å². The number of fused-ring (bicyclic) bond motifs is 1. The number of nitriles is 1. The predicted octanol–water partition coefficient (Wildman–Crippen LogP) is 22.9. The maximum atomic E-state index is 14.5. The lowest BCUT2D eigenvalue weighted by molar-refractivity contribution is 0.418. The van der Waals surface area contributed by atoms with Crippen molar-refractivity contribution in [3.05, 3.63) is 215 Å². The number of hydrogen-bond donors (Lipinski definition) is 8. The molecule has 0 aliphatic heterocycles. The Hall–Kier alpha value is -10.2. The number of aromatic hydroxyl groups is 3. The minimum absolute atomic E-state index is 0.00325. The van der Waals surface area contributed by atoms with Gasteiger partial charge in [0.2, 0.25) is 0 Å². The number of benzene rings is 5. The molecular formula is C97H130FN13O3. The fraction of sp³-hybridized carbons (Fsp3) is 0.443. The van der Waals surface area contributed by atoms with E-state index >= 15 is 0 Å². The highest BCUT2D eigenvalue weighted by Crippen LogP contribution is 2.47. The van der Waals surface area contributed by atoms with Gasteiger partial charge in [-0.1, -0.05) is 233 Å². The number of hydrogen-bond acceptors (Lipinski definition) is 16. The van der Waals surface area contributed by atoms with Crippen molar-refractivity contribution in [2.45, 2.75) is 283 Å². The van der Waals surface area contributed by atoms with Crippen LogP contribution in [0.15, 0.2) is 103 Å². The van der Waals surface area contributed by atoms with E-state index in [1.54, 1.807) is 12.1 Å². The summed E-state index contributed by atoms with van der Waals surface area (Å²) < 4.78 is 14.5. The van der Waals surface area contributed by atoms with Crippen LogP contribution in [0.2, 0.25) is 0 Å². The van der Waals surface area contributed by atoms with E-state index in [1.807, 2.05) is 98.7 Å². The number of nitrogen functional groups attached to an aromatic ring is 3. The van der Waals surface area contributed by atoms with Gasteiger partial charge >= 0.3 is 0 Å². The van der Waals surface area contributed by atoms with E-state index in [9.17, 15) is 25.0 Å². The summed E-state index contributed by atoms with van der Waals surface area (Å²) in [6.45, 7) is 61.6. The Balaban J connectivity index is 0.000000197. The molecule has 608 valence electrons. The van der Waals surface area contributed by atoms with Crippen LogP contribution >= 0.6 is 0 Å². The van der Waals surface area contributed by atoms with Crippen molar-refractivity contribution < 1.29 is 19.7 Å². The lowest BCUT2D eigenvalue weighted by atomic mass is 9.85. The van der Waals surface area contributed by atoms with Crippen LogP contribution < -0.4 is 28.7 Å². The summed E-state index contributed by atoms with van der Waals surface area (Å²) in [7, 11) is 0. The molecule has 11 rings (SSSR count). The summed E-state index contributed by atoms with van der Waals surface area (Å²) in [5, 5.41) is 41.1. The Labute approximate surface area is 680 Å². The first kappa shape index (κ1) is 91.0. The van der Waals surface area contributed by atoms with Gasteiger partial charge in [-0.05, 0) is 202 Å². The first-order valence-corrected chi connectivity index (χ1v) is 40.1. The fourth-order valence-electron chi connectivity index (χ4n) is 15.5. The Morgan fingerprint density at radius 1 is 0.447 bits per heavy atom. The van der Waals surface area contributed by atoms with Crippen LogP contribution in [-0.2, 0) is 46.6 Å². The Morgan fingerprint density at radius 3 is 1.24 bits per heavy atom. The molecule has 16 nitrogen and oxygen atoms in total. The van der Waals surface area contributed by atoms with Crippen molar-refractivity contribution in [1.82, 2.24) is 34.9 Å². The van der Waals surface area contributed by atoms with E-state index in [0.29, 0.717) is 76.3 Å². The number of aryl methyl sites for hydroxylation is 4. The van der Waals surface area contributed by atoms with Crippen molar-refractivity contribution >= 4 is 17.5 Å². The summed E-state index contributed by atoms with van der Waals surface area (Å²) in [6.07, 6.45) is 1.94. The number of nitrogens with two attached hydrogens (primary N) is 5. The highest BCUT2D eigenvalue weighted by atomic mass is 19.1. The van der Waals surface area contributed by atoms with Gasteiger partial charge in [-0.25, -0.2) is 29.3 Å². The minimum Gasteiger partial charge on any atom is -0.507 e. The Kier molecular flexibility index (Phi) is 28.8. The second-order valence-electron chi connectivity index (χ2n) is 36.8. The fourth-order valence-corrected chi connectivity index (χ4v) is 15.5. The molecule has 0 spiro atoms. The van der Waals surface area contributed by atoms with Gasteiger partial charge in [0.15, 0.2) is 23.2 Å². The number of aromatic nitrogens is 7. The van der Waals surface area contributed by atoms with Gasteiger partial charge in [0.1, 0.15) is 35.0 Å². The molecule has 10 aromatic rings. The SMILES string of the molecule is Cc1c(C#N)c(-c2ccc(C(C)(C)C)cc2)nc(N)c1C(C)C.Cc1nc(-c2ccc(C(C)(C)C)c(F)c2O)nc(N)c1C(C)C.Cc1nc(-c2ccc(C(C)(C)C)cc2)cc(CN)c1C(C)C.Cc1nc(-c2ccc(C(C)(C)C)cc2O)cc(CN)c1C(C)C.Cc1nc(-c2ccc3c(c2O)CCC3(C)C)nc(N)c1C(C)C. The number of halogens is 1. The first-order chi connectivity index (χ1) is 52.8. The Morgan fingerprint density at radius 2 is 0.833 bits per heavy atom. The predicted molar refractivity (Wildman–Crippen MR) is 473 cm³/mol. The molecule has 1 aliphatic carbocycles. The second-order valence-corrected chi connectivity index (χ2v) is 36.8. The van der Waals surface area contributed by atoms with Crippen LogP contribution in [0.5, 0.6) is 17.2 Å². The van der Waals surface area contributed by atoms with Crippen molar-refractivity contribution in [3.8, 4) is 79.9 Å². The van der Waals surface area contributed by atoms with Crippen molar-refractivity contribution in [1.29, 1.82) is 5.26 Å². The summed E-state index contributed by atoms with van der Waals surface area (Å²) >= 11 is 0. The maximum Gasteiger partial charge on any atom is 0.169 e. The lowest BCUT2D eigenvalue weighted by Gasteiger charge is -2.21. The molecule has 13 N–H and O–H groups in total. The van der Waals surface area contributed by atoms with E-state index in [1.165, 1.54) is 33.4 Å². The molecule has 1 aliphatic rings. The second kappa shape index (κ2) is 36.1. The first-order valence-electron chi connectivity index (χ1n) is 40.1. The summed E-state index contributed by atoms with van der Waals surface area (Å²) in [5.74, 6) is 3.18. The van der Waals surface area contributed by atoms with Crippen LogP contribution in [0.1, 0.15) is 308 Å². The molecule has 0 amide bonds. The Bertz CT molecular complexity index is 5080. The van der Waals surface area contributed by atoms with Gasteiger partial charge < -0.3 is 44.0 Å². The highest BCUT2D eigenvalue weighted by Gasteiger charge is 2.34. The van der Waals surface area contributed by atoms with Crippen LogP contribution in [0, 0.1) is 51.8 Å². The summed E-state index contributed by atoms with van der Waals surface area (Å²) in [4.78, 5) is 31.8. The minimum atomic E-state index is -0.636. The average molecular weight is 1550 g/mol. The third kappa shape index (κ3) is 20.9. The summed E-state index contributed by atoms with van der Waals surface area (Å²) in [5.41, 5.74) is 55.7. The van der Waals surface area contributed by atoms with E-state index < -0.39 is 17.0 Å². The smallest absolute Gasteiger partial charge is 0.169 e. The van der Waals surface area contributed by atoms with Gasteiger partial charge in [0.05, 0.1) is 33.8 Å². The average Bonchev–Trinajstić information content (AvgIpc) is 1.54. The van der Waals surface area contributed by atoms with E-state index in [4.69, 9.17) is 38.6 Å². The van der Waals surface area contributed by atoms with E-state index in [-0.39, 0.29) is 56.6 Å². The van der Waals surface area contributed by atoms with Gasteiger partial charge in [0.25, 0.3) is 0 Å². The lowest BCUT2D eigenvalue weighted by Crippen LogP contribution is -2.14. The molecule has 5 aromatic carbocycles. The molecule has 0 unspecified atom stereocenters. The molecule has 0 fully saturated rings. The van der Waals surface area contributed by atoms with Crippen molar-refractivity contribution in [3.63, 3.8) is 0 Å². The number of phenols is 3. The van der Waals surface area contributed by atoms with Gasteiger partial charge in [-0.15, -0.1) is 0 Å². The molecular weight excluding hydrogens is 1410 g/mol. The quantitative estimate of drug-likeness (QED) is 0.0564. The molecule has 0 saturated heterocycles. The van der Waals surface area contributed by atoms with Crippen LogP contribution in [0.3, 0.4) is 0 Å². The number of rotatable bonds is 12. The van der Waals surface area contributed by atoms with Crippen molar-refractivity contribution in [2.75, 3.05) is 17.2 Å². The standard InChI is InChI=1S/C20H25N3.C20H28N2O.C20H28N2.C19H25N3O.C18H24FN3O/c1-12(2)17-13(3)16(11-21)18(23-19(17)22)14-7-9-15(10-8-14)20(4,5)6;1-12(2)19-13(3)22-17(9-14(19)11-21)16-8-7-15(10-18(16)23)20(4,5)6;1-13(2)19-14(3)22-18(11-16(19)12-21)15-7-9-17(10-8-15)20(4,5)6;1-10(2)15-11(3)21-18(22-17(15)20)13-6-7-14-12(16(13)23)8-9-19(14,4)5;1-9(2)13-10(3)21-17(22-16(13)20)11-7-8-12(18(4,5)6)14(19)15(11)23/h7-10,12H,1-6H3,(H2,22,23);7-10,12,23H,11,21H2,1-6H3;7-11,13H,12,21H2,1-6H3;6-7,10,23H,8-9H2,1-5H3,(H2,20,21,22);7-9,23H,1-6H3,(H2,20,21,22). The highest BCUT2D eigenvalue weighted by molar-refractivity contribution is 5.75. The molecule has 0 atom stereocenters. The largest absolute Gasteiger partial charge is 0.507 e. The molecule has 0 radical (unpaired) electrons. The molecule has 17 heteroatoms. The summed E-state index contributed by atoms with van der Waals surface area (Å²) in [6, 6.07) is 36.6. The van der Waals surface area contributed by atoms with Crippen molar-refractivity contribution in [2.24, 2.45) is 11.5 Å². The number of phenolic OH excluding ortho intramolecular Hbond substituents is 3. The van der Waals surface area contributed by atoms with E-state index in [2.05, 4.69) is 224 Å². The van der Waals surface area contributed by atoms with Crippen LogP contribution in [-0.4, -0.2) is 50.2 Å². The zero-order chi connectivity index (χ0) is 85.7. The third-order valence-corrected chi connectivity index (χ3v) is 21.6.